The van der Waals surface area contributed by atoms with Crippen molar-refractivity contribution < 1.29 is 0 Å². The summed E-state index contributed by atoms with van der Waals surface area (Å²) in [7, 11) is 1.98. The van der Waals surface area contributed by atoms with Gasteiger partial charge < -0.3 is 4.90 Å². The van der Waals surface area contributed by atoms with Gasteiger partial charge >= 0.3 is 0 Å². The van der Waals surface area contributed by atoms with Crippen molar-refractivity contribution in [1.29, 1.82) is 0 Å². The Balaban J connectivity index is 1.97. The number of anilines is 1. The zero-order valence-corrected chi connectivity index (χ0v) is 13.6. The second-order valence-electron chi connectivity index (χ2n) is 7.09. The summed E-state index contributed by atoms with van der Waals surface area (Å²) < 4.78 is 1.88. The molecule has 0 unspecified atom stereocenters. The molecule has 21 heavy (non-hydrogen) atoms. The zero-order chi connectivity index (χ0) is 15.0. The van der Waals surface area contributed by atoms with E-state index in [9.17, 15) is 0 Å². The van der Waals surface area contributed by atoms with Gasteiger partial charge in [-0.1, -0.05) is 39.0 Å². The highest BCUT2D eigenvalue weighted by Gasteiger charge is 2.23. The van der Waals surface area contributed by atoms with E-state index in [1.165, 1.54) is 29.7 Å². The lowest BCUT2D eigenvalue weighted by molar-refractivity contribution is 0.580. The monoisotopic (exact) mass is 283 g/mol. The fraction of sp³-hybridized carbons (Fsp3) is 0.500. The Hall–Kier alpha value is -1.77. The molecule has 3 nitrogen and oxygen atoms in total. The Labute approximate surface area is 127 Å². The highest BCUT2D eigenvalue weighted by molar-refractivity contribution is 5.47. The van der Waals surface area contributed by atoms with Crippen molar-refractivity contribution >= 4 is 5.69 Å². The summed E-state index contributed by atoms with van der Waals surface area (Å²) in [4.78, 5) is 2.45. The van der Waals surface area contributed by atoms with E-state index in [-0.39, 0.29) is 5.41 Å². The van der Waals surface area contributed by atoms with E-state index >= 15 is 0 Å². The van der Waals surface area contributed by atoms with Gasteiger partial charge in [0.05, 0.1) is 11.9 Å². The maximum absolute atomic E-state index is 4.31. The van der Waals surface area contributed by atoms with Crippen LogP contribution in [-0.4, -0.2) is 16.3 Å². The van der Waals surface area contributed by atoms with Gasteiger partial charge in [0.1, 0.15) is 0 Å². The quantitative estimate of drug-likeness (QED) is 0.796. The molecule has 0 saturated carbocycles. The molecule has 0 atom stereocenters. The van der Waals surface area contributed by atoms with Crippen LogP contribution in [0.1, 0.15) is 43.9 Å². The normalized spacial score (nSPS) is 15.7. The first-order valence-electron chi connectivity index (χ1n) is 7.80. The lowest BCUT2D eigenvalue weighted by Gasteiger charge is -2.25. The van der Waals surface area contributed by atoms with Gasteiger partial charge in [-0.05, 0) is 34.9 Å². The highest BCUT2D eigenvalue weighted by Crippen LogP contribution is 2.32. The zero-order valence-electron chi connectivity index (χ0n) is 13.6. The fourth-order valence-corrected chi connectivity index (χ4v) is 3.30. The first-order valence-corrected chi connectivity index (χ1v) is 7.80. The molecule has 0 bridgehead atoms. The average Bonchev–Trinajstić information content (AvgIpc) is 2.72. The minimum atomic E-state index is 0.217. The minimum Gasteiger partial charge on any atom is -0.365 e. The van der Waals surface area contributed by atoms with Crippen LogP contribution in [0.2, 0.25) is 0 Å². The smallest absolute Gasteiger partial charge is 0.0755 e. The SMILES string of the molecule is Cn1cc(N2CCCc3c(cccc3C(C)(C)C)C2)cn1. The number of aryl methyl sites for hydroxylation is 1. The lowest BCUT2D eigenvalue weighted by Crippen LogP contribution is -2.22. The van der Waals surface area contributed by atoms with E-state index in [2.05, 4.69) is 55.2 Å². The largest absolute Gasteiger partial charge is 0.365 e. The number of rotatable bonds is 1. The topological polar surface area (TPSA) is 21.1 Å². The molecule has 3 heteroatoms. The number of aromatic nitrogens is 2. The molecule has 0 N–H and O–H groups in total. The Kier molecular flexibility index (Phi) is 3.52. The van der Waals surface area contributed by atoms with Crippen LogP contribution < -0.4 is 4.90 Å². The third-order valence-corrected chi connectivity index (χ3v) is 4.35. The van der Waals surface area contributed by atoms with Gasteiger partial charge in [-0.15, -0.1) is 0 Å². The van der Waals surface area contributed by atoms with E-state index in [1.54, 1.807) is 5.56 Å². The number of nitrogens with zero attached hydrogens (tertiary/aromatic N) is 3. The molecular weight excluding hydrogens is 258 g/mol. The second kappa shape index (κ2) is 5.21. The van der Waals surface area contributed by atoms with Crippen LogP contribution in [0, 0.1) is 0 Å². The second-order valence-corrected chi connectivity index (χ2v) is 7.09. The molecule has 0 radical (unpaired) electrons. The molecule has 0 amide bonds. The lowest BCUT2D eigenvalue weighted by atomic mass is 9.81. The van der Waals surface area contributed by atoms with E-state index in [4.69, 9.17) is 0 Å². The Bertz CT molecular complexity index is 634. The summed E-state index contributed by atoms with van der Waals surface area (Å²) in [6, 6.07) is 6.81. The van der Waals surface area contributed by atoms with Crippen LogP contribution in [-0.2, 0) is 25.4 Å². The third-order valence-electron chi connectivity index (χ3n) is 4.35. The summed E-state index contributed by atoms with van der Waals surface area (Å²) in [6.07, 6.45) is 6.46. The van der Waals surface area contributed by atoms with E-state index in [0.29, 0.717) is 0 Å². The molecule has 0 spiro atoms. The van der Waals surface area contributed by atoms with Gasteiger partial charge in [-0.3, -0.25) is 4.68 Å². The van der Waals surface area contributed by atoms with Crippen LogP contribution in [0.3, 0.4) is 0 Å². The molecule has 1 aromatic carbocycles. The summed E-state index contributed by atoms with van der Waals surface area (Å²) in [5.74, 6) is 0. The highest BCUT2D eigenvalue weighted by atomic mass is 15.3. The van der Waals surface area contributed by atoms with Crippen LogP contribution >= 0.6 is 0 Å². The number of hydrogen-bond acceptors (Lipinski definition) is 2. The molecule has 1 aliphatic heterocycles. The summed E-state index contributed by atoms with van der Waals surface area (Å²) in [5.41, 5.74) is 5.99. The van der Waals surface area contributed by atoms with Crippen LogP contribution in [0.5, 0.6) is 0 Å². The number of hydrogen-bond donors (Lipinski definition) is 0. The molecule has 1 aliphatic rings. The summed E-state index contributed by atoms with van der Waals surface area (Å²) in [6.45, 7) is 9.03. The van der Waals surface area contributed by atoms with Gasteiger partial charge in [0, 0.05) is 26.3 Å². The first kappa shape index (κ1) is 14.2. The molecule has 1 aromatic heterocycles. The van der Waals surface area contributed by atoms with E-state index in [1.807, 2.05) is 17.9 Å². The van der Waals surface area contributed by atoms with Crippen molar-refractivity contribution in [3.05, 3.63) is 47.3 Å². The van der Waals surface area contributed by atoms with Gasteiger partial charge in [0.15, 0.2) is 0 Å². The Morgan fingerprint density at radius 1 is 1.19 bits per heavy atom. The summed E-state index contributed by atoms with van der Waals surface area (Å²) >= 11 is 0. The van der Waals surface area contributed by atoms with Crippen molar-refractivity contribution in [3.8, 4) is 0 Å². The van der Waals surface area contributed by atoms with Crippen LogP contribution in [0.25, 0.3) is 0 Å². The minimum absolute atomic E-state index is 0.217. The Morgan fingerprint density at radius 3 is 2.67 bits per heavy atom. The predicted octanol–water partition coefficient (Wildman–Crippen LogP) is 3.67. The molecule has 2 aromatic rings. The van der Waals surface area contributed by atoms with Crippen molar-refractivity contribution in [1.82, 2.24) is 9.78 Å². The van der Waals surface area contributed by atoms with Crippen molar-refractivity contribution in [3.63, 3.8) is 0 Å². The molecule has 3 rings (SSSR count). The maximum Gasteiger partial charge on any atom is 0.0755 e. The maximum atomic E-state index is 4.31. The van der Waals surface area contributed by atoms with Crippen LogP contribution in [0.4, 0.5) is 5.69 Å². The standard InChI is InChI=1S/C18H25N3/c1-18(2,3)17-9-5-7-14-12-21(10-6-8-16(14)17)15-11-19-20(4)13-15/h5,7,9,11,13H,6,8,10,12H2,1-4H3. The molecular formula is C18H25N3. The third kappa shape index (κ3) is 2.82. The number of fused-ring (bicyclic) bond motifs is 1. The predicted molar refractivity (Wildman–Crippen MR) is 87.7 cm³/mol. The van der Waals surface area contributed by atoms with E-state index in [0.717, 1.165) is 13.1 Å². The molecule has 0 aliphatic carbocycles. The van der Waals surface area contributed by atoms with Crippen LogP contribution in [0.15, 0.2) is 30.6 Å². The van der Waals surface area contributed by atoms with Gasteiger partial charge in [0.25, 0.3) is 0 Å². The van der Waals surface area contributed by atoms with Gasteiger partial charge in [-0.2, -0.15) is 5.10 Å². The van der Waals surface area contributed by atoms with E-state index < -0.39 is 0 Å². The average molecular weight is 283 g/mol. The Morgan fingerprint density at radius 2 is 2.00 bits per heavy atom. The first-order chi connectivity index (χ1) is 9.95. The van der Waals surface area contributed by atoms with Crippen molar-refractivity contribution in [2.45, 2.75) is 45.6 Å². The summed E-state index contributed by atoms with van der Waals surface area (Å²) in [5, 5.41) is 4.31. The fourth-order valence-electron chi connectivity index (χ4n) is 3.30. The van der Waals surface area contributed by atoms with Crippen molar-refractivity contribution in [2.75, 3.05) is 11.4 Å². The van der Waals surface area contributed by atoms with Crippen molar-refractivity contribution in [2.24, 2.45) is 7.05 Å². The van der Waals surface area contributed by atoms with Gasteiger partial charge in [0.2, 0.25) is 0 Å². The molecule has 112 valence electrons. The number of benzene rings is 1. The van der Waals surface area contributed by atoms with Gasteiger partial charge in [-0.25, -0.2) is 0 Å². The molecule has 0 fully saturated rings. The molecule has 0 saturated heterocycles. The molecule has 2 heterocycles.